The predicted molar refractivity (Wildman–Crippen MR) is 125 cm³/mol. The third-order valence-electron chi connectivity index (χ3n) is 5.46. The summed E-state index contributed by atoms with van der Waals surface area (Å²) in [4.78, 5) is 23.3. The Morgan fingerprint density at radius 1 is 1.26 bits per heavy atom. The molecule has 34 heavy (non-hydrogen) atoms. The summed E-state index contributed by atoms with van der Waals surface area (Å²) in [5, 5.41) is 15.1. The van der Waals surface area contributed by atoms with Crippen LogP contribution in [0.1, 0.15) is 29.8 Å². The maximum Gasteiger partial charge on any atom is 0.277 e. The number of ether oxygens (including phenoxy) is 1. The number of methoxy groups -OCH3 is 1. The number of nitrogens with one attached hydrogen (secondary N) is 1. The average molecular weight is 463 g/mol. The van der Waals surface area contributed by atoms with Gasteiger partial charge in [-0.2, -0.15) is 0 Å². The lowest BCUT2D eigenvalue weighted by Crippen LogP contribution is -2.40. The van der Waals surface area contributed by atoms with E-state index in [9.17, 15) is 14.3 Å². The van der Waals surface area contributed by atoms with Crippen molar-refractivity contribution in [3.8, 4) is 11.4 Å². The molecule has 0 spiro atoms. The average Bonchev–Trinajstić information content (AvgIpc) is 3.39. The molecule has 0 radical (unpaired) electrons. The van der Waals surface area contributed by atoms with Crippen molar-refractivity contribution >= 4 is 17.9 Å². The number of benzene rings is 2. The molecular formula is C25H25FN5O3-. The van der Waals surface area contributed by atoms with E-state index in [4.69, 9.17) is 4.74 Å². The second kappa shape index (κ2) is 9.88. The molecule has 8 nitrogen and oxygen atoms in total. The molecule has 4 rings (SSSR count). The van der Waals surface area contributed by atoms with Crippen molar-refractivity contribution in [2.75, 3.05) is 20.3 Å². The molecule has 1 aromatic heterocycles. The van der Waals surface area contributed by atoms with Crippen LogP contribution in [0.5, 0.6) is 5.75 Å². The first-order valence-electron chi connectivity index (χ1n) is 10.8. The monoisotopic (exact) mass is 462 g/mol. The number of imidazole rings is 1. The number of aliphatic imine (C=N–C) groups is 1. The van der Waals surface area contributed by atoms with Crippen molar-refractivity contribution in [2.45, 2.75) is 19.9 Å². The Bertz CT molecular complexity index is 1250. The normalized spacial score (nSPS) is 16.9. The minimum absolute atomic E-state index is 0.279. The Kier molecular flexibility index (Phi) is 6.74. The first-order chi connectivity index (χ1) is 16.4. The summed E-state index contributed by atoms with van der Waals surface area (Å²) in [6, 6.07) is 10.3. The number of guanidine groups is 1. The van der Waals surface area contributed by atoms with Gasteiger partial charge in [-0.25, -0.2) is 9.37 Å². The Labute approximate surface area is 197 Å². The van der Waals surface area contributed by atoms with Gasteiger partial charge in [-0.15, -0.1) is 6.61 Å². The summed E-state index contributed by atoms with van der Waals surface area (Å²) in [6.07, 6.45) is 5.28. The Morgan fingerprint density at radius 2 is 2.03 bits per heavy atom. The van der Waals surface area contributed by atoms with Crippen LogP contribution in [0.15, 0.2) is 65.7 Å². The molecule has 176 valence electrons. The van der Waals surface area contributed by atoms with Gasteiger partial charge in [0, 0.05) is 18.8 Å². The van der Waals surface area contributed by atoms with Gasteiger partial charge in [0.25, 0.3) is 5.91 Å². The lowest BCUT2D eigenvalue weighted by Gasteiger charge is -2.29. The molecule has 3 aromatic rings. The van der Waals surface area contributed by atoms with Gasteiger partial charge in [0.05, 0.1) is 24.8 Å². The quantitative estimate of drug-likeness (QED) is 0.545. The van der Waals surface area contributed by atoms with E-state index in [1.807, 2.05) is 42.8 Å². The van der Waals surface area contributed by atoms with E-state index in [2.05, 4.69) is 15.3 Å². The zero-order valence-electron chi connectivity index (χ0n) is 19.2. The van der Waals surface area contributed by atoms with Gasteiger partial charge in [0.15, 0.2) is 0 Å². The van der Waals surface area contributed by atoms with Crippen molar-refractivity contribution in [1.82, 2.24) is 19.8 Å². The zero-order chi connectivity index (χ0) is 24.2. The molecule has 0 saturated carbocycles. The number of halogens is 1. The maximum absolute atomic E-state index is 13.4. The lowest BCUT2D eigenvalue weighted by molar-refractivity contribution is -0.377. The number of hydrogen-bond donors (Lipinski definition) is 1. The minimum atomic E-state index is -0.821. The fraction of sp³-hybridized carbons (Fsp3) is 0.240. The topological polar surface area (TPSA) is 94.8 Å². The maximum atomic E-state index is 13.4. The van der Waals surface area contributed by atoms with Crippen molar-refractivity contribution < 1.29 is 19.0 Å². The Morgan fingerprint density at radius 3 is 2.65 bits per heavy atom. The van der Waals surface area contributed by atoms with Gasteiger partial charge < -0.3 is 19.7 Å². The number of rotatable bonds is 7. The number of carbonyl (C=O) groups excluding carboxylic acids is 1. The highest BCUT2D eigenvalue weighted by atomic mass is 19.1. The molecule has 1 atom stereocenters. The number of carbonyl (C=O) groups is 1. The highest BCUT2D eigenvalue weighted by Crippen LogP contribution is 2.29. The minimum Gasteiger partial charge on any atom is -0.853 e. The van der Waals surface area contributed by atoms with Gasteiger partial charge in [-0.3, -0.25) is 14.7 Å². The molecule has 2 heterocycles. The summed E-state index contributed by atoms with van der Waals surface area (Å²) >= 11 is 0. The van der Waals surface area contributed by atoms with Crippen molar-refractivity contribution in [1.29, 1.82) is 0 Å². The summed E-state index contributed by atoms with van der Waals surface area (Å²) < 4.78 is 20.8. The first kappa shape index (κ1) is 23.2. The zero-order valence-corrected chi connectivity index (χ0v) is 19.2. The number of nitrogens with zero attached hydrogens (tertiary/aromatic N) is 4. The van der Waals surface area contributed by atoms with E-state index in [0.29, 0.717) is 23.8 Å². The van der Waals surface area contributed by atoms with Crippen molar-refractivity contribution in [3.05, 3.63) is 83.3 Å². The van der Waals surface area contributed by atoms with E-state index in [0.717, 1.165) is 16.9 Å². The lowest BCUT2D eigenvalue weighted by atomic mass is 10.1. The molecule has 1 saturated heterocycles. The number of aromatic nitrogens is 2. The molecule has 0 unspecified atom stereocenters. The summed E-state index contributed by atoms with van der Waals surface area (Å²) in [5.41, 5.74) is 3.24. The number of amides is 1. The third kappa shape index (κ3) is 4.55. The molecule has 1 aliphatic rings. The van der Waals surface area contributed by atoms with E-state index in [1.54, 1.807) is 19.5 Å². The van der Waals surface area contributed by atoms with Crippen LogP contribution in [-0.4, -0.2) is 46.6 Å². The van der Waals surface area contributed by atoms with E-state index in [-0.39, 0.29) is 11.6 Å². The third-order valence-corrected chi connectivity index (χ3v) is 5.46. The van der Waals surface area contributed by atoms with Crippen molar-refractivity contribution in [3.63, 3.8) is 0 Å². The molecule has 0 aliphatic carbocycles. The molecule has 1 aliphatic heterocycles. The van der Waals surface area contributed by atoms with Crippen LogP contribution in [0.3, 0.4) is 0 Å². The standard InChI is InChI=1S/C25H25FN5O3/c1-4-27-25-29-20(24(33)31(25)22(14-32)18-6-8-19(26)9-7-18)11-17-5-10-21(23(12-17)34-3)30-13-16(2)28-15-30/h5-13,15,22H,4,14H2,1-3H3,(H,27,29)/q-1/b20-11-/t22-/m0/s1. The first-order valence-corrected chi connectivity index (χ1v) is 10.8. The van der Waals surface area contributed by atoms with Crippen LogP contribution in [0.25, 0.3) is 11.8 Å². The SMILES string of the molecule is CCN=C1N/C(=C\c2ccc(-n3cnc(C)c3)c(OC)c2)C(=O)N1[C@@H](C[O-])c1ccc(F)cc1. The Balaban J connectivity index is 1.68. The fourth-order valence-electron chi connectivity index (χ4n) is 3.83. The van der Waals surface area contributed by atoms with E-state index >= 15 is 0 Å². The van der Waals surface area contributed by atoms with Crippen LogP contribution in [-0.2, 0) is 4.79 Å². The van der Waals surface area contributed by atoms with E-state index < -0.39 is 18.5 Å². The summed E-state index contributed by atoms with van der Waals surface area (Å²) in [7, 11) is 1.58. The largest absolute Gasteiger partial charge is 0.853 e. The van der Waals surface area contributed by atoms with Gasteiger partial charge >= 0.3 is 0 Å². The van der Waals surface area contributed by atoms with Crippen LogP contribution in [0.4, 0.5) is 4.39 Å². The van der Waals surface area contributed by atoms with Crippen LogP contribution in [0.2, 0.25) is 0 Å². The molecule has 1 fully saturated rings. The Hall–Kier alpha value is -3.98. The highest BCUT2D eigenvalue weighted by molar-refractivity contribution is 6.15. The molecule has 2 aromatic carbocycles. The molecular weight excluding hydrogens is 437 g/mol. The predicted octanol–water partition coefficient (Wildman–Crippen LogP) is 2.58. The smallest absolute Gasteiger partial charge is 0.277 e. The number of aryl methyl sites for hydroxylation is 1. The second-order valence-corrected chi connectivity index (χ2v) is 7.74. The number of hydrogen-bond acceptors (Lipinski definition) is 5. The van der Waals surface area contributed by atoms with Gasteiger partial charge in [0.2, 0.25) is 5.96 Å². The highest BCUT2D eigenvalue weighted by Gasteiger charge is 2.36. The summed E-state index contributed by atoms with van der Waals surface area (Å²) in [6.45, 7) is 3.56. The fourth-order valence-corrected chi connectivity index (χ4v) is 3.83. The molecule has 0 bridgehead atoms. The van der Waals surface area contributed by atoms with E-state index in [1.165, 1.54) is 29.2 Å². The van der Waals surface area contributed by atoms with Gasteiger partial charge in [-0.1, -0.05) is 18.2 Å². The second-order valence-electron chi connectivity index (χ2n) is 7.74. The van der Waals surface area contributed by atoms with Crippen LogP contribution in [0, 0.1) is 12.7 Å². The van der Waals surface area contributed by atoms with Crippen LogP contribution < -0.4 is 15.2 Å². The molecule has 9 heteroatoms. The summed E-state index contributed by atoms with van der Waals surface area (Å²) in [5.74, 6) is 0.109. The van der Waals surface area contributed by atoms with Gasteiger partial charge in [0.1, 0.15) is 17.3 Å². The van der Waals surface area contributed by atoms with Crippen LogP contribution >= 0.6 is 0 Å². The molecule has 1 N–H and O–H groups in total. The van der Waals surface area contributed by atoms with Crippen molar-refractivity contribution in [2.24, 2.45) is 4.99 Å². The van der Waals surface area contributed by atoms with Gasteiger partial charge in [-0.05, 0) is 55.3 Å². The molecule has 1 amide bonds.